The number of anilines is 1. The molecule has 2 saturated carbocycles. The number of nitrogens with two attached hydrogens (primary N) is 1. The Labute approximate surface area is 139 Å². The van der Waals surface area contributed by atoms with E-state index in [0.717, 1.165) is 24.3 Å². The van der Waals surface area contributed by atoms with Gasteiger partial charge in [0.1, 0.15) is 5.69 Å². The minimum Gasteiger partial charge on any atom is -0.463 e. The molecule has 2 aliphatic rings. The molecule has 6 heteroatoms. The van der Waals surface area contributed by atoms with Gasteiger partial charge >= 0.3 is 0 Å². The summed E-state index contributed by atoms with van der Waals surface area (Å²) in [4.78, 5) is 17.0. The summed E-state index contributed by atoms with van der Waals surface area (Å²) in [5.41, 5.74) is 7.07. The van der Waals surface area contributed by atoms with Crippen LogP contribution in [0.25, 0.3) is 11.5 Å². The van der Waals surface area contributed by atoms with Crippen molar-refractivity contribution >= 4 is 22.4 Å². The summed E-state index contributed by atoms with van der Waals surface area (Å²) in [6.07, 6.45) is 7.05. The number of hydrogen-bond acceptors (Lipinski definition) is 5. The lowest BCUT2D eigenvalue weighted by molar-refractivity contribution is -0.122. The van der Waals surface area contributed by atoms with Crippen LogP contribution < -0.4 is 11.1 Å². The summed E-state index contributed by atoms with van der Waals surface area (Å²) in [5, 5.41) is 5.53. The van der Waals surface area contributed by atoms with Crippen LogP contribution in [0.3, 0.4) is 0 Å². The van der Waals surface area contributed by atoms with Crippen LogP contribution in [-0.2, 0) is 4.79 Å². The molecular formula is C17H21N3O2S. The molecule has 23 heavy (non-hydrogen) atoms. The third kappa shape index (κ3) is 2.93. The maximum atomic E-state index is 12.6. The molecule has 2 aromatic heterocycles. The van der Waals surface area contributed by atoms with Crippen LogP contribution in [0.1, 0.15) is 32.1 Å². The van der Waals surface area contributed by atoms with Gasteiger partial charge in [-0.2, -0.15) is 0 Å². The van der Waals surface area contributed by atoms with Gasteiger partial charge in [0.25, 0.3) is 0 Å². The van der Waals surface area contributed by atoms with Crippen LogP contribution in [0.4, 0.5) is 5.13 Å². The average Bonchev–Trinajstić information content (AvgIpc) is 3.17. The normalized spacial score (nSPS) is 30.1. The third-order valence-electron chi connectivity index (χ3n) is 5.29. The van der Waals surface area contributed by atoms with Gasteiger partial charge in [0.15, 0.2) is 10.9 Å². The van der Waals surface area contributed by atoms with Crippen molar-refractivity contribution in [1.82, 2.24) is 4.98 Å². The number of hydrogen-bond donors (Lipinski definition) is 2. The molecule has 4 rings (SSSR count). The molecule has 122 valence electrons. The molecule has 2 aliphatic carbocycles. The number of fused-ring (bicyclic) bond motifs is 2. The number of thiazole rings is 1. The first-order valence-corrected chi connectivity index (χ1v) is 9.14. The van der Waals surface area contributed by atoms with E-state index in [1.165, 1.54) is 30.6 Å². The van der Waals surface area contributed by atoms with E-state index in [9.17, 15) is 4.79 Å². The van der Waals surface area contributed by atoms with Crippen molar-refractivity contribution in [3.8, 4) is 11.5 Å². The molecular weight excluding hydrogens is 310 g/mol. The monoisotopic (exact) mass is 331 g/mol. The van der Waals surface area contributed by atoms with Crippen LogP contribution >= 0.6 is 11.3 Å². The quantitative estimate of drug-likeness (QED) is 0.902. The molecule has 5 nitrogen and oxygen atoms in total. The predicted octanol–water partition coefficient (Wildman–Crippen LogP) is 3.50. The summed E-state index contributed by atoms with van der Waals surface area (Å²) in [7, 11) is 0. The van der Waals surface area contributed by atoms with Crippen molar-refractivity contribution in [1.29, 1.82) is 0 Å². The van der Waals surface area contributed by atoms with E-state index in [0.29, 0.717) is 23.0 Å². The van der Waals surface area contributed by atoms with Gasteiger partial charge in [-0.25, -0.2) is 4.98 Å². The molecule has 2 unspecified atom stereocenters. The standard InChI is InChI=1S/C17H21N3O2S/c18-15-10-3-1-4-11(15)8-12(7-10)16(21)20-17-19-13(9-23-17)14-5-2-6-22-14/h2,5-6,9-12,15H,1,3-4,7-8,18H2,(H,19,20,21). The molecule has 2 bridgehead atoms. The smallest absolute Gasteiger partial charge is 0.229 e. The van der Waals surface area contributed by atoms with Crippen LogP contribution in [-0.4, -0.2) is 16.9 Å². The van der Waals surface area contributed by atoms with Crippen LogP contribution in [0.5, 0.6) is 0 Å². The molecule has 0 radical (unpaired) electrons. The molecule has 0 spiro atoms. The maximum absolute atomic E-state index is 12.6. The van der Waals surface area contributed by atoms with Gasteiger partial charge in [0.2, 0.25) is 5.91 Å². The second kappa shape index (κ2) is 6.09. The molecule has 0 aromatic carbocycles. The van der Waals surface area contributed by atoms with Gasteiger partial charge in [-0.3, -0.25) is 4.79 Å². The molecule has 2 aromatic rings. The van der Waals surface area contributed by atoms with Crippen molar-refractivity contribution in [2.24, 2.45) is 23.5 Å². The fourth-order valence-electron chi connectivity index (χ4n) is 4.08. The molecule has 0 saturated heterocycles. The highest BCUT2D eigenvalue weighted by molar-refractivity contribution is 7.14. The van der Waals surface area contributed by atoms with Crippen LogP contribution in [0.15, 0.2) is 28.2 Å². The number of carbonyl (C=O) groups is 1. The van der Waals surface area contributed by atoms with Crippen LogP contribution in [0, 0.1) is 17.8 Å². The second-order valence-corrected chi connectivity index (χ2v) is 7.56. The minimum atomic E-state index is 0.0704. The van der Waals surface area contributed by atoms with Gasteiger partial charge in [-0.05, 0) is 49.7 Å². The van der Waals surface area contributed by atoms with E-state index in [1.54, 1.807) is 6.26 Å². The highest BCUT2D eigenvalue weighted by Gasteiger charge is 2.40. The fourth-order valence-corrected chi connectivity index (χ4v) is 4.78. The molecule has 0 aliphatic heterocycles. The summed E-state index contributed by atoms with van der Waals surface area (Å²) in [6.45, 7) is 0. The minimum absolute atomic E-state index is 0.0704. The Bertz CT molecular complexity index is 668. The van der Waals surface area contributed by atoms with Crippen molar-refractivity contribution in [2.45, 2.75) is 38.1 Å². The maximum Gasteiger partial charge on any atom is 0.229 e. The number of rotatable bonds is 3. The Morgan fingerprint density at radius 1 is 1.35 bits per heavy atom. The molecule has 2 fully saturated rings. The van der Waals surface area contributed by atoms with E-state index >= 15 is 0 Å². The van der Waals surface area contributed by atoms with Crippen molar-refractivity contribution < 1.29 is 9.21 Å². The number of carbonyl (C=O) groups excluding carboxylic acids is 1. The number of amides is 1. The molecule has 1 amide bonds. The van der Waals surface area contributed by atoms with Gasteiger partial charge < -0.3 is 15.5 Å². The highest BCUT2D eigenvalue weighted by Crippen LogP contribution is 2.42. The lowest BCUT2D eigenvalue weighted by Gasteiger charge is -2.43. The van der Waals surface area contributed by atoms with Gasteiger partial charge in [0, 0.05) is 17.3 Å². The van der Waals surface area contributed by atoms with Gasteiger partial charge in [-0.1, -0.05) is 6.42 Å². The topological polar surface area (TPSA) is 81.2 Å². The Morgan fingerprint density at radius 3 is 2.83 bits per heavy atom. The Kier molecular flexibility index (Phi) is 3.95. The first-order valence-electron chi connectivity index (χ1n) is 8.26. The zero-order valence-corrected chi connectivity index (χ0v) is 13.7. The Hall–Kier alpha value is -1.66. The highest BCUT2D eigenvalue weighted by atomic mass is 32.1. The average molecular weight is 331 g/mol. The number of aromatic nitrogens is 1. The SMILES string of the molecule is NC1C2CCCC1CC(C(=O)Nc1nc(-c3ccco3)cs1)C2. The van der Waals surface area contributed by atoms with Crippen molar-refractivity contribution in [2.75, 3.05) is 5.32 Å². The van der Waals surface area contributed by atoms with Crippen LogP contribution in [0.2, 0.25) is 0 Å². The van der Waals surface area contributed by atoms with E-state index in [1.807, 2.05) is 17.5 Å². The number of nitrogens with zero attached hydrogens (tertiary/aromatic N) is 1. The van der Waals surface area contributed by atoms with Gasteiger partial charge in [-0.15, -0.1) is 11.3 Å². The lowest BCUT2D eigenvalue weighted by atomic mass is 9.65. The fraction of sp³-hybridized carbons (Fsp3) is 0.529. The zero-order chi connectivity index (χ0) is 15.8. The summed E-state index contributed by atoms with van der Waals surface area (Å²) < 4.78 is 5.33. The van der Waals surface area contributed by atoms with E-state index in [2.05, 4.69) is 10.3 Å². The number of nitrogens with one attached hydrogen (secondary N) is 1. The van der Waals surface area contributed by atoms with Crippen molar-refractivity contribution in [3.05, 3.63) is 23.8 Å². The first kappa shape index (κ1) is 14.9. The summed E-state index contributed by atoms with van der Waals surface area (Å²) in [5.74, 6) is 1.90. The predicted molar refractivity (Wildman–Crippen MR) is 90.0 cm³/mol. The van der Waals surface area contributed by atoms with Crippen molar-refractivity contribution in [3.63, 3.8) is 0 Å². The van der Waals surface area contributed by atoms with E-state index in [4.69, 9.17) is 10.2 Å². The Balaban J connectivity index is 1.42. The van der Waals surface area contributed by atoms with Gasteiger partial charge in [0.05, 0.1) is 6.26 Å². The third-order valence-corrected chi connectivity index (χ3v) is 6.05. The van der Waals surface area contributed by atoms with E-state index in [-0.39, 0.29) is 11.8 Å². The summed E-state index contributed by atoms with van der Waals surface area (Å²) >= 11 is 1.43. The molecule has 3 N–H and O–H groups in total. The lowest BCUT2D eigenvalue weighted by Crippen LogP contribution is -2.48. The second-order valence-electron chi connectivity index (χ2n) is 6.70. The zero-order valence-electron chi connectivity index (χ0n) is 12.9. The number of furan rings is 1. The molecule has 2 heterocycles. The van der Waals surface area contributed by atoms with E-state index < -0.39 is 0 Å². The first-order chi connectivity index (χ1) is 11.2. The Morgan fingerprint density at radius 2 is 2.13 bits per heavy atom. The summed E-state index contributed by atoms with van der Waals surface area (Å²) in [6, 6.07) is 3.99. The largest absolute Gasteiger partial charge is 0.463 e. The molecule has 2 atom stereocenters.